The third-order valence-electron chi connectivity index (χ3n) is 5.23. The van der Waals surface area contributed by atoms with Gasteiger partial charge in [0, 0.05) is 17.8 Å². The van der Waals surface area contributed by atoms with Gasteiger partial charge in [0.25, 0.3) is 11.8 Å². The zero-order valence-corrected chi connectivity index (χ0v) is 20.1. The first-order valence-electron chi connectivity index (χ1n) is 10.9. The molecule has 0 aromatic heterocycles. The van der Waals surface area contributed by atoms with Gasteiger partial charge in [-0.25, -0.2) is 0 Å². The van der Waals surface area contributed by atoms with Crippen LogP contribution in [0.5, 0.6) is 0 Å². The van der Waals surface area contributed by atoms with Crippen molar-refractivity contribution in [2.24, 2.45) is 0 Å². The van der Waals surface area contributed by atoms with Crippen molar-refractivity contribution in [3.63, 3.8) is 0 Å². The Morgan fingerprint density at radius 3 is 2.06 bits per heavy atom. The Bertz CT molecular complexity index is 965. The Balaban J connectivity index is 1.81. The van der Waals surface area contributed by atoms with E-state index in [0.717, 1.165) is 27.9 Å². The monoisotopic (exact) mass is 438 g/mol. The van der Waals surface area contributed by atoms with Crippen molar-refractivity contribution in [2.45, 2.75) is 66.4 Å². The molecule has 0 fully saturated rings. The predicted octanol–water partition coefficient (Wildman–Crippen LogP) is 4.60. The lowest BCUT2D eigenvalue weighted by molar-refractivity contribution is -0.153. The molecule has 0 aliphatic rings. The summed E-state index contributed by atoms with van der Waals surface area (Å²) in [6.07, 6.45) is -0.963. The van der Waals surface area contributed by atoms with Gasteiger partial charge in [-0.15, -0.1) is 0 Å². The highest BCUT2D eigenvalue weighted by Gasteiger charge is 2.20. The van der Waals surface area contributed by atoms with E-state index in [1.165, 1.54) is 6.92 Å². The molecule has 0 aliphatic heterocycles. The number of hydrogen-bond acceptors (Lipinski definition) is 4. The zero-order chi connectivity index (χ0) is 24.1. The minimum absolute atomic E-state index is 0.0125. The number of carbonyl (C=O) groups is 3. The summed E-state index contributed by atoms with van der Waals surface area (Å²) >= 11 is 0. The molecule has 0 bridgehead atoms. The zero-order valence-electron chi connectivity index (χ0n) is 20.1. The van der Waals surface area contributed by atoms with Crippen LogP contribution in [0, 0.1) is 20.8 Å². The molecule has 32 heavy (non-hydrogen) atoms. The van der Waals surface area contributed by atoms with Gasteiger partial charge < -0.3 is 15.4 Å². The molecule has 2 amide bonds. The van der Waals surface area contributed by atoms with E-state index in [2.05, 4.69) is 31.4 Å². The van der Waals surface area contributed by atoms with E-state index in [-0.39, 0.29) is 24.3 Å². The molecule has 2 rings (SSSR count). The average Bonchev–Trinajstić information content (AvgIpc) is 2.69. The van der Waals surface area contributed by atoms with E-state index in [9.17, 15) is 14.4 Å². The second-order valence-corrected chi connectivity index (χ2v) is 9.23. The lowest BCUT2D eigenvalue weighted by Gasteiger charge is -2.19. The number of nitrogens with one attached hydrogen (secondary N) is 2. The molecule has 1 unspecified atom stereocenters. The number of aryl methyl sites for hydroxylation is 3. The van der Waals surface area contributed by atoms with Gasteiger partial charge in [-0.2, -0.15) is 0 Å². The van der Waals surface area contributed by atoms with Crippen LogP contribution in [-0.2, 0) is 19.7 Å². The number of rotatable bonds is 7. The molecule has 0 saturated carbocycles. The maximum Gasteiger partial charge on any atom is 0.308 e. The van der Waals surface area contributed by atoms with E-state index in [4.69, 9.17) is 4.74 Å². The van der Waals surface area contributed by atoms with Crippen LogP contribution in [-0.4, -0.2) is 30.4 Å². The summed E-state index contributed by atoms with van der Waals surface area (Å²) < 4.78 is 5.23. The number of ether oxygens (including phenoxy) is 1. The highest BCUT2D eigenvalue weighted by Crippen LogP contribution is 2.23. The maximum absolute atomic E-state index is 12.4. The molecule has 0 radical (unpaired) electrons. The van der Waals surface area contributed by atoms with Gasteiger partial charge in [-0.3, -0.25) is 14.4 Å². The molecule has 6 heteroatoms. The highest BCUT2D eigenvalue weighted by molar-refractivity contribution is 5.96. The van der Waals surface area contributed by atoms with Crippen LogP contribution >= 0.6 is 0 Å². The molecule has 2 N–H and O–H groups in total. The smallest absolute Gasteiger partial charge is 0.308 e. The van der Waals surface area contributed by atoms with Crippen LogP contribution in [0.15, 0.2) is 36.4 Å². The number of anilines is 1. The van der Waals surface area contributed by atoms with Crippen molar-refractivity contribution in [1.29, 1.82) is 0 Å². The second-order valence-electron chi connectivity index (χ2n) is 9.23. The maximum atomic E-state index is 12.4. The molecule has 2 aromatic rings. The molecule has 1 atom stereocenters. The SMILES string of the molecule is Cc1cc(C)c(NC(=O)C(C)OC(=O)CCNC(=O)c2ccc(C(C)(C)C)cc2)c(C)c1. The number of esters is 1. The van der Waals surface area contributed by atoms with Crippen LogP contribution in [0.2, 0.25) is 0 Å². The molecule has 0 spiro atoms. The van der Waals surface area contributed by atoms with Crippen molar-refractivity contribution in [3.8, 4) is 0 Å². The third-order valence-corrected chi connectivity index (χ3v) is 5.23. The number of carbonyl (C=O) groups excluding carboxylic acids is 3. The quantitative estimate of drug-likeness (QED) is 0.619. The van der Waals surface area contributed by atoms with Crippen LogP contribution in [0.1, 0.15) is 66.7 Å². The fourth-order valence-electron chi connectivity index (χ4n) is 3.41. The van der Waals surface area contributed by atoms with Gasteiger partial charge in [0.2, 0.25) is 0 Å². The summed E-state index contributed by atoms with van der Waals surface area (Å²) in [5.74, 6) is -1.20. The van der Waals surface area contributed by atoms with Crippen molar-refractivity contribution < 1.29 is 19.1 Å². The number of benzene rings is 2. The number of hydrogen-bond donors (Lipinski definition) is 2. The molecule has 0 aliphatic carbocycles. The number of amides is 2. The van der Waals surface area contributed by atoms with Crippen molar-refractivity contribution in [3.05, 3.63) is 64.2 Å². The van der Waals surface area contributed by atoms with Crippen molar-refractivity contribution in [2.75, 3.05) is 11.9 Å². The molecule has 0 saturated heterocycles. The topological polar surface area (TPSA) is 84.5 Å². The van der Waals surface area contributed by atoms with Gasteiger partial charge in [0.15, 0.2) is 6.10 Å². The minimum Gasteiger partial charge on any atom is -0.452 e. The van der Waals surface area contributed by atoms with E-state index in [0.29, 0.717) is 5.56 Å². The lowest BCUT2D eigenvalue weighted by Crippen LogP contribution is -2.32. The summed E-state index contributed by atoms with van der Waals surface area (Å²) in [4.78, 5) is 36.8. The second kappa shape index (κ2) is 10.4. The summed E-state index contributed by atoms with van der Waals surface area (Å²) in [6.45, 7) is 13.8. The summed E-state index contributed by atoms with van der Waals surface area (Å²) in [6, 6.07) is 11.4. The fourth-order valence-corrected chi connectivity index (χ4v) is 3.41. The van der Waals surface area contributed by atoms with E-state index < -0.39 is 18.0 Å². The van der Waals surface area contributed by atoms with Crippen molar-refractivity contribution >= 4 is 23.5 Å². The molecule has 0 heterocycles. The Morgan fingerprint density at radius 1 is 0.969 bits per heavy atom. The van der Waals surface area contributed by atoms with Crippen LogP contribution in [0.3, 0.4) is 0 Å². The Labute approximate surface area is 190 Å². The molecule has 6 nitrogen and oxygen atoms in total. The van der Waals surface area contributed by atoms with E-state index >= 15 is 0 Å². The molecular weight excluding hydrogens is 404 g/mol. The Kier molecular flexibility index (Phi) is 8.19. The van der Waals surface area contributed by atoms with Gasteiger partial charge in [0.05, 0.1) is 6.42 Å². The van der Waals surface area contributed by atoms with Gasteiger partial charge in [-0.05, 0) is 61.9 Å². The standard InChI is InChI=1S/C26H34N2O4/c1-16-14-17(2)23(18(3)15-16)28-24(30)19(4)32-22(29)12-13-27-25(31)20-8-10-21(11-9-20)26(5,6)7/h8-11,14-15,19H,12-13H2,1-7H3,(H,27,31)(H,28,30). The lowest BCUT2D eigenvalue weighted by atomic mass is 9.87. The first kappa shape index (κ1) is 25.1. The molecule has 172 valence electrons. The first-order valence-corrected chi connectivity index (χ1v) is 10.9. The van der Waals surface area contributed by atoms with Crippen molar-refractivity contribution in [1.82, 2.24) is 5.32 Å². The Morgan fingerprint density at radius 2 is 1.53 bits per heavy atom. The van der Waals surface area contributed by atoms with Gasteiger partial charge in [0.1, 0.15) is 0 Å². The summed E-state index contributed by atoms with van der Waals surface area (Å²) in [5.41, 5.74) is 5.43. The Hall–Kier alpha value is -3.15. The minimum atomic E-state index is -0.941. The summed E-state index contributed by atoms with van der Waals surface area (Å²) in [5, 5.41) is 5.55. The molecular formula is C26H34N2O4. The molecule has 2 aromatic carbocycles. The average molecular weight is 439 g/mol. The van der Waals surface area contributed by atoms with E-state index in [1.54, 1.807) is 12.1 Å². The van der Waals surface area contributed by atoms with E-state index in [1.807, 2.05) is 45.0 Å². The van der Waals surface area contributed by atoms with Gasteiger partial charge >= 0.3 is 5.97 Å². The fraction of sp³-hybridized carbons (Fsp3) is 0.423. The van der Waals surface area contributed by atoms with Crippen LogP contribution in [0.25, 0.3) is 0 Å². The largest absolute Gasteiger partial charge is 0.452 e. The highest BCUT2D eigenvalue weighted by atomic mass is 16.5. The first-order chi connectivity index (χ1) is 14.9. The summed E-state index contributed by atoms with van der Waals surface area (Å²) in [7, 11) is 0. The third kappa shape index (κ3) is 6.94. The predicted molar refractivity (Wildman–Crippen MR) is 127 cm³/mol. The normalized spacial score (nSPS) is 12.1. The van der Waals surface area contributed by atoms with Gasteiger partial charge in [-0.1, -0.05) is 50.6 Å². The van der Waals surface area contributed by atoms with Crippen LogP contribution < -0.4 is 10.6 Å². The van der Waals surface area contributed by atoms with Crippen LogP contribution in [0.4, 0.5) is 5.69 Å².